The van der Waals surface area contributed by atoms with Gasteiger partial charge in [-0.3, -0.25) is 4.79 Å². The van der Waals surface area contributed by atoms with Gasteiger partial charge in [0, 0.05) is 5.92 Å². The van der Waals surface area contributed by atoms with Crippen LogP contribution in [0.25, 0.3) is 0 Å². The van der Waals surface area contributed by atoms with Crippen LogP contribution in [0.5, 0.6) is 0 Å². The summed E-state index contributed by atoms with van der Waals surface area (Å²) in [5.41, 5.74) is 0.213. The number of hydrogen-bond donors (Lipinski definition) is 2. The predicted octanol–water partition coefficient (Wildman–Crippen LogP) is 0.0538. The van der Waals surface area contributed by atoms with E-state index < -0.39 is 12.0 Å². The molecule has 5 heteroatoms. The molecule has 1 heterocycles. The van der Waals surface area contributed by atoms with E-state index in [1.165, 1.54) is 7.11 Å². The number of piperidine rings is 1. The Balaban J connectivity index is 1.84. The first-order valence-corrected chi connectivity index (χ1v) is 6.18. The molecule has 0 aromatic carbocycles. The van der Waals surface area contributed by atoms with E-state index in [2.05, 4.69) is 15.4 Å². The third-order valence-electron chi connectivity index (χ3n) is 4.02. The zero-order valence-electron chi connectivity index (χ0n) is 10.4. The van der Waals surface area contributed by atoms with Gasteiger partial charge in [0.05, 0.1) is 7.11 Å². The largest absolute Gasteiger partial charge is 0.467 e. The molecule has 1 saturated carbocycles. The maximum absolute atomic E-state index is 12.0. The molecule has 1 saturated heterocycles. The average Bonchev–Trinajstić information content (AvgIpc) is 3.02. The summed E-state index contributed by atoms with van der Waals surface area (Å²) in [7, 11) is 1.33. The summed E-state index contributed by atoms with van der Waals surface area (Å²) in [6.07, 6.45) is 3.10. The molecule has 0 aromatic heterocycles. The highest BCUT2D eigenvalue weighted by Gasteiger charge is 2.57. The number of hydrogen-bond acceptors (Lipinski definition) is 4. The molecule has 2 atom stereocenters. The van der Waals surface area contributed by atoms with Gasteiger partial charge in [0.25, 0.3) is 0 Å². The number of rotatable bonds is 3. The Morgan fingerprint density at radius 2 is 2.06 bits per heavy atom. The predicted molar refractivity (Wildman–Crippen MR) is 62.3 cm³/mol. The van der Waals surface area contributed by atoms with Gasteiger partial charge in [-0.2, -0.15) is 0 Å². The smallest absolute Gasteiger partial charge is 0.328 e. The zero-order valence-corrected chi connectivity index (χ0v) is 10.4. The van der Waals surface area contributed by atoms with Crippen LogP contribution in [0.3, 0.4) is 0 Å². The Bertz CT molecular complexity index is 324. The van der Waals surface area contributed by atoms with E-state index in [1.807, 2.05) is 0 Å². The fraction of sp³-hybridized carbons (Fsp3) is 0.833. The topological polar surface area (TPSA) is 67.4 Å². The van der Waals surface area contributed by atoms with Gasteiger partial charge in [-0.15, -0.1) is 0 Å². The van der Waals surface area contributed by atoms with Crippen molar-refractivity contribution in [1.29, 1.82) is 0 Å². The molecular weight excluding hydrogens is 220 g/mol. The summed E-state index contributed by atoms with van der Waals surface area (Å²) in [4.78, 5) is 23.2. The van der Waals surface area contributed by atoms with Crippen molar-refractivity contribution in [3.8, 4) is 0 Å². The van der Waals surface area contributed by atoms with Crippen LogP contribution in [0.1, 0.15) is 26.2 Å². The van der Waals surface area contributed by atoms with E-state index in [9.17, 15) is 9.59 Å². The van der Waals surface area contributed by atoms with E-state index in [-0.39, 0.29) is 17.2 Å². The molecule has 0 radical (unpaired) electrons. The van der Waals surface area contributed by atoms with Crippen LogP contribution in [0, 0.1) is 11.3 Å². The fourth-order valence-electron chi connectivity index (χ4n) is 2.75. The van der Waals surface area contributed by atoms with Crippen LogP contribution < -0.4 is 10.6 Å². The van der Waals surface area contributed by atoms with Crippen LogP contribution in [-0.4, -0.2) is 38.1 Å². The van der Waals surface area contributed by atoms with Crippen molar-refractivity contribution < 1.29 is 14.3 Å². The van der Waals surface area contributed by atoms with Crippen molar-refractivity contribution in [2.75, 3.05) is 20.2 Å². The zero-order chi connectivity index (χ0) is 12.5. The van der Waals surface area contributed by atoms with Gasteiger partial charge in [0.15, 0.2) is 0 Å². The van der Waals surface area contributed by atoms with E-state index in [0.29, 0.717) is 0 Å². The molecule has 96 valence electrons. The van der Waals surface area contributed by atoms with E-state index in [0.717, 1.165) is 32.4 Å². The van der Waals surface area contributed by atoms with Crippen LogP contribution >= 0.6 is 0 Å². The van der Waals surface area contributed by atoms with Gasteiger partial charge in [-0.05, 0) is 44.7 Å². The summed E-state index contributed by atoms with van der Waals surface area (Å²) in [5, 5.41) is 6.03. The number of carbonyl (C=O) groups is 2. The Morgan fingerprint density at radius 3 is 2.65 bits per heavy atom. The molecule has 2 aliphatic rings. The Morgan fingerprint density at radius 1 is 1.41 bits per heavy atom. The molecule has 1 unspecified atom stereocenters. The molecule has 1 aliphatic carbocycles. The monoisotopic (exact) mass is 240 g/mol. The second-order valence-electron chi connectivity index (χ2n) is 5.12. The van der Waals surface area contributed by atoms with Crippen molar-refractivity contribution in [1.82, 2.24) is 10.6 Å². The summed E-state index contributed by atoms with van der Waals surface area (Å²) in [5.74, 6) is -0.292. The third-order valence-corrected chi connectivity index (χ3v) is 4.02. The first-order chi connectivity index (χ1) is 8.09. The van der Waals surface area contributed by atoms with Crippen molar-refractivity contribution in [2.24, 2.45) is 11.3 Å². The number of ether oxygens (including phenoxy) is 1. The molecule has 2 rings (SSSR count). The van der Waals surface area contributed by atoms with Crippen molar-refractivity contribution >= 4 is 11.9 Å². The molecule has 0 aromatic rings. The van der Waals surface area contributed by atoms with E-state index in [1.54, 1.807) is 6.92 Å². The lowest BCUT2D eigenvalue weighted by molar-refractivity contribution is -0.144. The van der Waals surface area contributed by atoms with Gasteiger partial charge in [0.1, 0.15) is 6.04 Å². The second kappa shape index (κ2) is 4.64. The fourth-order valence-corrected chi connectivity index (χ4v) is 2.75. The van der Waals surface area contributed by atoms with Gasteiger partial charge < -0.3 is 15.4 Å². The summed E-state index contributed by atoms with van der Waals surface area (Å²) in [6.45, 7) is 3.65. The first-order valence-electron chi connectivity index (χ1n) is 6.18. The number of methoxy groups -OCH3 is 1. The minimum absolute atomic E-state index is 0.00444. The van der Waals surface area contributed by atoms with Gasteiger partial charge >= 0.3 is 5.97 Å². The lowest BCUT2D eigenvalue weighted by atomic mass is 9.91. The number of carbonyl (C=O) groups excluding carboxylic acids is 2. The van der Waals surface area contributed by atoms with E-state index in [4.69, 9.17) is 0 Å². The number of amides is 1. The molecule has 1 amide bonds. The SMILES string of the molecule is COC(=O)[C@H](C)NC(=O)C1CC12CCNCC2. The van der Waals surface area contributed by atoms with Gasteiger partial charge in [-0.25, -0.2) is 4.79 Å². The number of nitrogens with one attached hydrogen (secondary N) is 2. The summed E-state index contributed by atoms with van der Waals surface area (Å²) < 4.78 is 4.59. The second-order valence-corrected chi connectivity index (χ2v) is 5.12. The van der Waals surface area contributed by atoms with Crippen LogP contribution in [0.4, 0.5) is 0 Å². The number of esters is 1. The van der Waals surface area contributed by atoms with E-state index >= 15 is 0 Å². The molecule has 0 bridgehead atoms. The molecule has 2 N–H and O–H groups in total. The maximum Gasteiger partial charge on any atom is 0.328 e. The van der Waals surface area contributed by atoms with Gasteiger partial charge in [0.2, 0.25) is 5.91 Å². The molecular formula is C12H20N2O3. The van der Waals surface area contributed by atoms with Crippen LogP contribution in [-0.2, 0) is 14.3 Å². The van der Waals surface area contributed by atoms with Crippen LogP contribution in [0.2, 0.25) is 0 Å². The molecule has 17 heavy (non-hydrogen) atoms. The molecule has 2 fully saturated rings. The third kappa shape index (κ3) is 2.44. The van der Waals surface area contributed by atoms with Crippen LogP contribution in [0.15, 0.2) is 0 Å². The maximum atomic E-state index is 12.0. The first kappa shape index (κ1) is 12.4. The van der Waals surface area contributed by atoms with Crippen molar-refractivity contribution in [2.45, 2.75) is 32.2 Å². The van der Waals surface area contributed by atoms with Crippen molar-refractivity contribution in [3.63, 3.8) is 0 Å². The standard InChI is InChI=1S/C12H20N2O3/c1-8(11(16)17-2)14-10(15)9-7-12(9)3-5-13-6-4-12/h8-9,13H,3-7H2,1-2H3,(H,14,15)/t8-,9?/m0/s1. The normalized spacial score (nSPS) is 27.3. The highest BCUT2D eigenvalue weighted by Crippen LogP contribution is 2.58. The average molecular weight is 240 g/mol. The quantitative estimate of drug-likeness (QED) is 0.684. The minimum atomic E-state index is -0.549. The lowest BCUT2D eigenvalue weighted by Gasteiger charge is -2.23. The lowest BCUT2D eigenvalue weighted by Crippen LogP contribution is -2.41. The van der Waals surface area contributed by atoms with Gasteiger partial charge in [-0.1, -0.05) is 0 Å². The summed E-state index contributed by atoms with van der Waals surface area (Å²) in [6, 6.07) is -0.549. The highest BCUT2D eigenvalue weighted by atomic mass is 16.5. The molecule has 1 spiro atoms. The summed E-state index contributed by atoms with van der Waals surface area (Å²) >= 11 is 0. The Kier molecular flexibility index (Phi) is 3.38. The highest BCUT2D eigenvalue weighted by molar-refractivity contribution is 5.87. The minimum Gasteiger partial charge on any atom is -0.467 e. The Hall–Kier alpha value is -1.10. The Labute approximate surface area is 101 Å². The molecule has 1 aliphatic heterocycles. The van der Waals surface area contributed by atoms with Crippen molar-refractivity contribution in [3.05, 3.63) is 0 Å². The molecule has 5 nitrogen and oxygen atoms in total.